The van der Waals surface area contributed by atoms with E-state index in [0.29, 0.717) is 11.9 Å². The van der Waals surface area contributed by atoms with E-state index in [2.05, 4.69) is 46.5 Å². The molecule has 0 bridgehead atoms. The zero-order chi connectivity index (χ0) is 20.4. The summed E-state index contributed by atoms with van der Waals surface area (Å²) in [6.07, 6.45) is 14.4. The predicted octanol–water partition coefficient (Wildman–Crippen LogP) is 5.99. The number of hydrogen-bond acceptors (Lipinski definition) is 3. The van der Waals surface area contributed by atoms with Gasteiger partial charge < -0.3 is 4.74 Å². The number of fused-ring (bicyclic) bond motifs is 1. The summed E-state index contributed by atoms with van der Waals surface area (Å²) >= 11 is 6.63. The quantitative estimate of drug-likeness (QED) is 0.342. The van der Waals surface area contributed by atoms with Gasteiger partial charge in [0.25, 0.3) is 0 Å². The summed E-state index contributed by atoms with van der Waals surface area (Å²) in [5.41, 5.74) is 5.37. The van der Waals surface area contributed by atoms with Crippen LogP contribution in [0.4, 0.5) is 0 Å². The van der Waals surface area contributed by atoms with Crippen LogP contribution < -0.4 is 0 Å². The highest BCUT2D eigenvalue weighted by Gasteiger charge is 2.22. The van der Waals surface area contributed by atoms with Crippen molar-refractivity contribution in [2.45, 2.75) is 26.0 Å². The number of halogens is 1. The number of nitrogens with zero attached hydrogens (tertiary/aromatic N) is 3. The van der Waals surface area contributed by atoms with Crippen molar-refractivity contribution in [3.8, 4) is 11.4 Å². The van der Waals surface area contributed by atoms with Crippen LogP contribution in [0.3, 0.4) is 0 Å². The first-order valence-corrected chi connectivity index (χ1v) is 13.4. The van der Waals surface area contributed by atoms with E-state index < -0.39 is 10.0 Å². The molecule has 4 nitrogen and oxygen atoms in total. The molecule has 3 aromatic rings. The van der Waals surface area contributed by atoms with Gasteiger partial charge in [0.05, 0.1) is 23.2 Å². The Morgan fingerprint density at radius 1 is 1.17 bits per heavy atom. The van der Waals surface area contributed by atoms with E-state index in [4.69, 9.17) is 21.3 Å². The molecule has 0 saturated carbocycles. The van der Waals surface area contributed by atoms with E-state index in [1.165, 1.54) is 12.0 Å². The van der Waals surface area contributed by atoms with Crippen molar-refractivity contribution < 1.29 is 4.74 Å². The molecule has 0 spiro atoms. The molecule has 2 aromatic heterocycles. The smallest absolute Gasteiger partial charge is 0.146 e. The summed E-state index contributed by atoms with van der Waals surface area (Å²) in [4.78, 5) is 9.31. The maximum Gasteiger partial charge on any atom is 0.146 e. The summed E-state index contributed by atoms with van der Waals surface area (Å²) in [7, 11) is -0.583. The van der Waals surface area contributed by atoms with E-state index in [-0.39, 0.29) is 0 Å². The Morgan fingerprint density at radius 2 is 2.00 bits per heavy atom. The van der Waals surface area contributed by atoms with Crippen molar-refractivity contribution in [1.29, 1.82) is 0 Å². The van der Waals surface area contributed by atoms with E-state index >= 15 is 0 Å². The van der Waals surface area contributed by atoms with Crippen molar-refractivity contribution in [3.05, 3.63) is 53.3 Å². The normalized spacial score (nSPS) is 15.1. The van der Waals surface area contributed by atoms with Crippen molar-refractivity contribution >= 4 is 38.2 Å². The minimum Gasteiger partial charge on any atom is -0.360 e. The zero-order valence-electron chi connectivity index (χ0n) is 17.3. The molecule has 2 heterocycles. The van der Waals surface area contributed by atoms with Gasteiger partial charge in [0.2, 0.25) is 0 Å². The first-order chi connectivity index (χ1) is 13.9. The maximum absolute atomic E-state index is 6.63. The third kappa shape index (κ3) is 4.52. The lowest BCUT2D eigenvalue weighted by Gasteiger charge is -2.24. The Hall–Kier alpha value is -1.82. The summed E-state index contributed by atoms with van der Waals surface area (Å²) < 4.78 is 8.23. The van der Waals surface area contributed by atoms with Crippen LogP contribution in [-0.2, 0) is 11.5 Å². The van der Waals surface area contributed by atoms with Gasteiger partial charge in [-0.25, -0.2) is 20.0 Å². The predicted molar refractivity (Wildman–Crippen MR) is 126 cm³/mol. The fraction of sp³-hybridized carbons (Fsp3) is 0.391. The summed E-state index contributed by atoms with van der Waals surface area (Å²) in [5.74, 6) is 1.91. The van der Waals surface area contributed by atoms with Crippen LogP contribution in [-0.4, -0.2) is 45.7 Å². The highest BCUT2D eigenvalue weighted by atomic mass is 35.5. The number of para-hydroxylation sites is 2. The first kappa shape index (κ1) is 20.5. The standard InChI is InChI=1S/C23H28ClN3OS/c1-29(2,3)15-14-28-16-27-20-11-7-6-10-19(20)26-23(27)21-18(12-13-25-22(21)24)17-8-4-5-9-17/h6-8,10-13H,4-5,9,14-16H2,1-3H3. The largest absolute Gasteiger partial charge is 0.360 e. The average molecular weight is 430 g/mol. The lowest BCUT2D eigenvalue weighted by Crippen LogP contribution is -2.11. The average Bonchev–Trinajstić information content (AvgIpc) is 3.32. The van der Waals surface area contributed by atoms with Crippen LogP contribution in [0.1, 0.15) is 24.8 Å². The summed E-state index contributed by atoms with van der Waals surface area (Å²) in [6.45, 7) is 1.19. The van der Waals surface area contributed by atoms with Gasteiger partial charge >= 0.3 is 0 Å². The molecule has 0 fully saturated rings. The second-order valence-electron chi connectivity index (χ2n) is 8.33. The maximum atomic E-state index is 6.63. The minimum absolute atomic E-state index is 0.453. The molecule has 0 atom stereocenters. The Bertz CT molecular complexity index is 1050. The van der Waals surface area contributed by atoms with Gasteiger partial charge in [0.15, 0.2) is 0 Å². The second kappa shape index (κ2) is 8.50. The number of pyridine rings is 1. The molecule has 0 amide bonds. The lowest BCUT2D eigenvalue weighted by molar-refractivity contribution is 0.0934. The molecule has 0 unspecified atom stereocenters. The summed E-state index contributed by atoms with van der Waals surface area (Å²) in [6, 6.07) is 10.2. The molecular weight excluding hydrogens is 402 g/mol. The molecule has 29 heavy (non-hydrogen) atoms. The monoisotopic (exact) mass is 429 g/mol. The molecule has 0 aliphatic heterocycles. The van der Waals surface area contributed by atoms with Crippen LogP contribution in [0.25, 0.3) is 28.0 Å². The second-order valence-corrected chi connectivity index (χ2v) is 13.3. The molecule has 1 aliphatic rings. The van der Waals surface area contributed by atoms with Gasteiger partial charge in [-0.05, 0) is 67.4 Å². The number of aromatic nitrogens is 3. The molecule has 1 aliphatic carbocycles. The van der Waals surface area contributed by atoms with E-state index in [9.17, 15) is 0 Å². The van der Waals surface area contributed by atoms with E-state index in [1.807, 2.05) is 18.2 Å². The number of benzene rings is 1. The number of allylic oxidation sites excluding steroid dienone is 2. The first-order valence-electron chi connectivity index (χ1n) is 9.97. The van der Waals surface area contributed by atoms with Gasteiger partial charge in [-0.2, -0.15) is 0 Å². The highest BCUT2D eigenvalue weighted by molar-refractivity contribution is 8.32. The van der Waals surface area contributed by atoms with Gasteiger partial charge in [0, 0.05) is 11.9 Å². The van der Waals surface area contributed by atoms with Gasteiger partial charge in [0.1, 0.15) is 17.7 Å². The van der Waals surface area contributed by atoms with Crippen LogP contribution >= 0.6 is 21.6 Å². The van der Waals surface area contributed by atoms with Gasteiger partial charge in [-0.15, -0.1) is 0 Å². The van der Waals surface area contributed by atoms with Crippen molar-refractivity contribution in [1.82, 2.24) is 14.5 Å². The van der Waals surface area contributed by atoms with Crippen molar-refractivity contribution in [2.24, 2.45) is 0 Å². The Morgan fingerprint density at radius 3 is 2.76 bits per heavy atom. The lowest BCUT2D eigenvalue weighted by atomic mass is 10.0. The Kier molecular flexibility index (Phi) is 6.00. The molecule has 0 saturated heterocycles. The highest BCUT2D eigenvalue weighted by Crippen LogP contribution is 2.39. The van der Waals surface area contributed by atoms with Crippen molar-refractivity contribution in [2.75, 3.05) is 31.1 Å². The fourth-order valence-corrected chi connectivity index (χ4v) is 4.55. The third-order valence-electron chi connectivity index (χ3n) is 5.23. The van der Waals surface area contributed by atoms with Gasteiger partial charge in [-0.1, -0.05) is 29.8 Å². The summed E-state index contributed by atoms with van der Waals surface area (Å²) in [5, 5.41) is 0.492. The molecule has 4 rings (SSSR count). The fourth-order valence-electron chi connectivity index (χ4n) is 3.69. The third-order valence-corrected chi connectivity index (χ3v) is 6.91. The number of rotatable bonds is 7. The molecule has 0 radical (unpaired) electrons. The van der Waals surface area contributed by atoms with Crippen LogP contribution in [0, 0.1) is 0 Å². The topological polar surface area (TPSA) is 39.9 Å². The molecule has 154 valence electrons. The zero-order valence-corrected chi connectivity index (χ0v) is 18.9. The van der Waals surface area contributed by atoms with E-state index in [1.54, 1.807) is 6.20 Å². The number of imidazole rings is 1. The van der Waals surface area contributed by atoms with Crippen LogP contribution in [0.15, 0.2) is 42.6 Å². The van der Waals surface area contributed by atoms with Gasteiger partial charge in [-0.3, -0.25) is 4.57 Å². The molecule has 6 heteroatoms. The van der Waals surface area contributed by atoms with E-state index in [0.717, 1.165) is 53.2 Å². The van der Waals surface area contributed by atoms with Crippen LogP contribution in [0.5, 0.6) is 0 Å². The number of hydrogen-bond donors (Lipinski definition) is 0. The number of ether oxygens (including phenoxy) is 1. The molecular formula is C23H28ClN3OS. The Labute approximate surface area is 179 Å². The molecule has 1 aromatic carbocycles. The van der Waals surface area contributed by atoms with Crippen LogP contribution in [0.2, 0.25) is 5.15 Å². The Balaban J connectivity index is 1.77. The van der Waals surface area contributed by atoms with Crippen molar-refractivity contribution in [3.63, 3.8) is 0 Å². The SMILES string of the molecule is CS(C)(C)CCOCn1c(-c2c(C3=CCCC3)ccnc2Cl)nc2ccccc21. The minimum atomic E-state index is -0.583. The molecule has 0 N–H and O–H groups in total.